The second-order valence-corrected chi connectivity index (χ2v) is 7.43. The van der Waals surface area contributed by atoms with Crippen molar-refractivity contribution in [3.8, 4) is 11.1 Å². The number of rotatable bonds is 7. The third kappa shape index (κ3) is 5.01. The van der Waals surface area contributed by atoms with Gasteiger partial charge in [-0.2, -0.15) is 13.2 Å². The lowest BCUT2D eigenvalue weighted by Gasteiger charge is -2.20. The first-order valence-corrected chi connectivity index (χ1v) is 9.78. The molecule has 32 heavy (non-hydrogen) atoms. The van der Waals surface area contributed by atoms with Crippen molar-refractivity contribution in [2.45, 2.75) is 25.1 Å². The van der Waals surface area contributed by atoms with Crippen molar-refractivity contribution in [3.05, 3.63) is 59.7 Å². The van der Waals surface area contributed by atoms with Gasteiger partial charge in [-0.25, -0.2) is 9.59 Å². The summed E-state index contributed by atoms with van der Waals surface area (Å²) in [5, 5.41) is 12.4. The minimum absolute atomic E-state index is 0.0373. The van der Waals surface area contributed by atoms with Gasteiger partial charge in [0.25, 0.3) is 0 Å². The molecular formula is C22H21F3N2O5. The molecule has 0 heterocycles. The van der Waals surface area contributed by atoms with Crippen LogP contribution in [0.15, 0.2) is 48.5 Å². The second kappa shape index (κ2) is 9.29. The summed E-state index contributed by atoms with van der Waals surface area (Å²) in [5.41, 5.74) is 4.14. The highest BCUT2D eigenvalue weighted by Gasteiger charge is 2.46. The van der Waals surface area contributed by atoms with E-state index in [1.54, 1.807) is 0 Å². The Hall–Kier alpha value is -3.56. The topological polar surface area (TPSA) is 105 Å². The number of ether oxygens (including phenoxy) is 1. The van der Waals surface area contributed by atoms with Crippen LogP contribution in [0.3, 0.4) is 0 Å². The maximum atomic E-state index is 12.7. The van der Waals surface area contributed by atoms with E-state index >= 15 is 0 Å². The Morgan fingerprint density at radius 2 is 1.56 bits per heavy atom. The number of carboxylic acids is 1. The van der Waals surface area contributed by atoms with Gasteiger partial charge in [0.2, 0.25) is 11.9 Å². The number of alkyl carbamates (subject to hydrolysis) is 1. The smallest absolute Gasteiger partial charge is 0.419 e. The number of hydrogen-bond acceptors (Lipinski definition) is 4. The molecule has 2 amide bonds. The average molecular weight is 450 g/mol. The predicted molar refractivity (Wildman–Crippen MR) is 108 cm³/mol. The number of halogens is 3. The minimum Gasteiger partial charge on any atom is -0.479 e. The van der Waals surface area contributed by atoms with Gasteiger partial charge in [0.05, 0.1) is 5.92 Å². The molecule has 3 N–H and O–H groups in total. The van der Waals surface area contributed by atoms with E-state index < -0.39 is 36.1 Å². The van der Waals surface area contributed by atoms with Gasteiger partial charge in [0.15, 0.2) is 0 Å². The van der Waals surface area contributed by atoms with Crippen molar-refractivity contribution in [2.24, 2.45) is 5.92 Å². The Morgan fingerprint density at radius 3 is 2.06 bits per heavy atom. The Labute approximate surface area is 181 Å². The fraction of sp³-hybridized carbons (Fsp3) is 0.318. The van der Waals surface area contributed by atoms with Crippen LogP contribution in [0, 0.1) is 5.92 Å². The molecule has 0 bridgehead atoms. The van der Waals surface area contributed by atoms with E-state index in [1.807, 2.05) is 48.5 Å². The Balaban J connectivity index is 1.54. The summed E-state index contributed by atoms with van der Waals surface area (Å²) in [6, 6.07) is 12.5. The Morgan fingerprint density at radius 1 is 1.03 bits per heavy atom. The van der Waals surface area contributed by atoms with Gasteiger partial charge in [-0.1, -0.05) is 55.5 Å². The minimum atomic E-state index is -5.14. The molecule has 3 rings (SSSR count). The van der Waals surface area contributed by atoms with Crippen molar-refractivity contribution in [3.63, 3.8) is 0 Å². The van der Waals surface area contributed by atoms with Crippen molar-refractivity contribution in [1.82, 2.24) is 10.6 Å². The molecule has 2 atom stereocenters. The van der Waals surface area contributed by atoms with Gasteiger partial charge < -0.3 is 20.5 Å². The first-order chi connectivity index (χ1) is 15.1. The van der Waals surface area contributed by atoms with Crippen LogP contribution in [0.5, 0.6) is 0 Å². The number of amides is 2. The van der Waals surface area contributed by atoms with E-state index in [9.17, 15) is 27.6 Å². The highest BCUT2D eigenvalue weighted by Crippen LogP contribution is 2.44. The number of aliphatic carboxylic acids is 1. The molecule has 2 unspecified atom stereocenters. The number of nitrogens with one attached hydrogen (secondary N) is 2. The zero-order valence-corrected chi connectivity index (χ0v) is 17.0. The summed E-state index contributed by atoms with van der Waals surface area (Å²) >= 11 is 0. The second-order valence-electron chi connectivity index (χ2n) is 7.43. The van der Waals surface area contributed by atoms with Crippen LogP contribution in [0.2, 0.25) is 0 Å². The summed E-state index contributed by atoms with van der Waals surface area (Å²) in [5.74, 6) is -4.66. The van der Waals surface area contributed by atoms with Crippen LogP contribution in [-0.4, -0.2) is 48.4 Å². The number of carboxylic acid groups (broad SMARTS) is 1. The Bertz CT molecular complexity index is 979. The maximum Gasteiger partial charge on any atom is 0.419 e. The van der Waals surface area contributed by atoms with Crippen LogP contribution in [0.4, 0.5) is 18.0 Å². The molecule has 0 radical (unpaired) electrons. The van der Waals surface area contributed by atoms with E-state index in [2.05, 4.69) is 5.32 Å². The van der Waals surface area contributed by atoms with Gasteiger partial charge in [0.1, 0.15) is 6.61 Å². The number of benzene rings is 2. The number of carbonyl (C=O) groups is 3. The van der Waals surface area contributed by atoms with Crippen molar-refractivity contribution in [1.29, 1.82) is 0 Å². The molecule has 0 spiro atoms. The lowest BCUT2D eigenvalue weighted by Crippen LogP contribution is -2.53. The normalized spacial score (nSPS) is 14.6. The van der Waals surface area contributed by atoms with Crippen molar-refractivity contribution >= 4 is 18.0 Å². The third-order valence-corrected chi connectivity index (χ3v) is 5.20. The van der Waals surface area contributed by atoms with E-state index in [4.69, 9.17) is 9.84 Å². The largest absolute Gasteiger partial charge is 0.479 e. The average Bonchev–Trinajstić information content (AvgIpc) is 3.07. The molecule has 0 saturated carbocycles. The van der Waals surface area contributed by atoms with E-state index in [0.29, 0.717) is 0 Å². The van der Waals surface area contributed by atoms with E-state index in [0.717, 1.165) is 22.3 Å². The van der Waals surface area contributed by atoms with Crippen LogP contribution >= 0.6 is 0 Å². The van der Waals surface area contributed by atoms with E-state index in [-0.39, 0.29) is 19.1 Å². The van der Waals surface area contributed by atoms with Crippen molar-refractivity contribution < 1.29 is 37.4 Å². The quantitative estimate of drug-likeness (QED) is 0.601. The highest BCUT2D eigenvalue weighted by atomic mass is 19.4. The van der Waals surface area contributed by atoms with Crippen LogP contribution < -0.4 is 10.6 Å². The van der Waals surface area contributed by atoms with Gasteiger partial charge in [-0.05, 0) is 22.3 Å². The van der Waals surface area contributed by atoms with Crippen LogP contribution in [-0.2, 0) is 14.3 Å². The molecule has 2 aromatic carbocycles. The summed E-state index contributed by atoms with van der Waals surface area (Å²) < 4.78 is 43.3. The molecule has 2 aromatic rings. The fourth-order valence-corrected chi connectivity index (χ4v) is 3.55. The predicted octanol–water partition coefficient (Wildman–Crippen LogP) is 3.29. The molecular weight excluding hydrogens is 429 g/mol. The molecule has 7 nitrogen and oxygen atoms in total. The Kier molecular flexibility index (Phi) is 6.71. The maximum absolute atomic E-state index is 12.7. The molecule has 0 aliphatic heterocycles. The number of fused-ring (bicyclic) bond motifs is 3. The third-order valence-electron chi connectivity index (χ3n) is 5.20. The number of carbonyl (C=O) groups excluding carboxylic acids is 2. The number of hydrogen-bond donors (Lipinski definition) is 3. The first kappa shape index (κ1) is 23.1. The molecule has 1 aliphatic rings. The first-order valence-electron chi connectivity index (χ1n) is 9.78. The number of alkyl halides is 3. The summed E-state index contributed by atoms with van der Waals surface area (Å²) in [4.78, 5) is 34.7. The molecule has 0 saturated heterocycles. The van der Waals surface area contributed by atoms with Crippen LogP contribution in [0.25, 0.3) is 11.1 Å². The molecule has 10 heteroatoms. The van der Waals surface area contributed by atoms with Crippen LogP contribution in [0.1, 0.15) is 24.0 Å². The molecule has 0 fully saturated rings. The van der Waals surface area contributed by atoms with Gasteiger partial charge in [0, 0.05) is 12.5 Å². The van der Waals surface area contributed by atoms with E-state index in [1.165, 1.54) is 12.2 Å². The summed E-state index contributed by atoms with van der Waals surface area (Å²) in [7, 11) is 0. The lowest BCUT2D eigenvalue weighted by molar-refractivity contribution is -0.182. The summed E-state index contributed by atoms with van der Waals surface area (Å²) in [6.45, 7) is 0.969. The summed E-state index contributed by atoms with van der Waals surface area (Å²) in [6.07, 6.45) is -5.97. The zero-order valence-electron chi connectivity index (χ0n) is 17.0. The molecule has 0 aromatic heterocycles. The highest BCUT2D eigenvalue weighted by molar-refractivity contribution is 5.85. The monoisotopic (exact) mass is 450 g/mol. The lowest BCUT2D eigenvalue weighted by atomic mass is 9.98. The SMILES string of the molecule is CC(CNC(=O)OCC1c2ccccc2-c2ccccc21)C(=O)NC(C(=O)O)C(F)(F)F. The van der Waals surface area contributed by atoms with Gasteiger partial charge in [-0.3, -0.25) is 4.79 Å². The zero-order chi connectivity index (χ0) is 23.5. The molecule has 1 aliphatic carbocycles. The van der Waals surface area contributed by atoms with Gasteiger partial charge in [-0.15, -0.1) is 0 Å². The standard InChI is InChI=1S/C22H21F3N2O5/c1-12(19(28)27-18(20(29)30)22(23,24)25)10-26-21(31)32-11-17-15-8-4-2-6-13(15)14-7-3-5-9-16(14)17/h2-9,12,17-18H,10-11H2,1H3,(H,26,31)(H,27,28)(H,29,30). The van der Waals surface area contributed by atoms with Gasteiger partial charge >= 0.3 is 18.2 Å². The fourth-order valence-electron chi connectivity index (χ4n) is 3.55. The molecule has 170 valence electrons. The van der Waals surface area contributed by atoms with Crippen molar-refractivity contribution in [2.75, 3.05) is 13.2 Å².